The van der Waals surface area contributed by atoms with Gasteiger partial charge in [-0.25, -0.2) is 0 Å². The number of aromatic nitrogens is 6. The highest BCUT2D eigenvalue weighted by molar-refractivity contribution is 5.91. The van der Waals surface area contributed by atoms with Gasteiger partial charge in [0.25, 0.3) is 0 Å². The second kappa shape index (κ2) is 16.4. The topological polar surface area (TPSA) is 158 Å². The van der Waals surface area contributed by atoms with Crippen LogP contribution in [-0.4, -0.2) is 99.0 Å². The molecule has 2 fully saturated rings. The molecule has 6 heterocycles. The molecule has 4 aromatic heterocycles. The maximum absolute atomic E-state index is 10.2. The van der Waals surface area contributed by atoms with Gasteiger partial charge >= 0.3 is 0 Å². The van der Waals surface area contributed by atoms with Crippen LogP contribution in [0.3, 0.4) is 0 Å². The molecule has 2 aliphatic heterocycles. The summed E-state index contributed by atoms with van der Waals surface area (Å²) >= 11 is 0. The molecular weight excluding hydrogens is 793 g/mol. The first kappa shape index (κ1) is 40.1. The second-order valence-corrected chi connectivity index (χ2v) is 17.1. The van der Waals surface area contributed by atoms with E-state index in [1.165, 1.54) is 0 Å². The summed E-state index contributed by atoms with van der Waals surface area (Å²) in [5.74, 6) is 2.68. The van der Waals surface area contributed by atoms with Gasteiger partial charge in [-0.3, -0.25) is 14.3 Å². The third-order valence-corrected chi connectivity index (χ3v) is 12.8. The van der Waals surface area contributed by atoms with E-state index in [9.17, 15) is 10.5 Å². The molecular formula is C49H50N10O4. The maximum atomic E-state index is 10.2. The number of fused-ring (bicyclic) bond motifs is 4. The monoisotopic (exact) mass is 842 g/mol. The number of likely N-dealkylation sites (tertiary alicyclic amines) is 2. The van der Waals surface area contributed by atoms with Crippen molar-refractivity contribution >= 4 is 43.6 Å². The summed E-state index contributed by atoms with van der Waals surface area (Å²) < 4.78 is 28.9. The quantitative estimate of drug-likeness (QED) is 0.124. The van der Waals surface area contributed by atoms with E-state index in [2.05, 4.69) is 77.1 Å². The Hall–Kier alpha value is -7.00. The fraction of sp³-hybridized carbons (Fsp3) is 0.347. The highest BCUT2D eigenvalue weighted by Crippen LogP contribution is 2.37. The summed E-state index contributed by atoms with van der Waals surface area (Å²) in [4.78, 5) is 11.7. The number of ether oxygens (including phenoxy) is 4. The molecule has 2 atom stereocenters. The lowest BCUT2D eigenvalue weighted by molar-refractivity contribution is 0.0844. The van der Waals surface area contributed by atoms with E-state index in [4.69, 9.17) is 29.1 Å². The molecule has 10 rings (SSSR count). The SMILES string of the molecule is COc1cc(C)c2[nH]ccc2c1Cn1cc2ccc(C#N)c(OC3CCCN(Cc4cc5c(Cn6cc7ccc(C#N)c(OC8CCN(C)C8)c7n6)c(OC)cc(C)c5[nH]4)C3)c2n1. The van der Waals surface area contributed by atoms with Gasteiger partial charge in [-0.1, -0.05) is 0 Å². The third-order valence-electron chi connectivity index (χ3n) is 12.8. The fourth-order valence-corrected chi connectivity index (χ4v) is 9.70. The van der Waals surface area contributed by atoms with Gasteiger partial charge in [-0.05, 0) is 106 Å². The van der Waals surface area contributed by atoms with Crippen LogP contribution in [0.25, 0.3) is 43.6 Å². The Morgan fingerprint density at radius 1 is 0.714 bits per heavy atom. The van der Waals surface area contributed by atoms with Crippen LogP contribution in [0.1, 0.15) is 58.3 Å². The zero-order valence-corrected chi connectivity index (χ0v) is 36.3. The molecule has 320 valence electrons. The van der Waals surface area contributed by atoms with E-state index in [1.807, 2.05) is 52.2 Å². The van der Waals surface area contributed by atoms with Crippen LogP contribution in [-0.2, 0) is 19.6 Å². The van der Waals surface area contributed by atoms with Crippen LogP contribution >= 0.6 is 0 Å². The molecule has 0 spiro atoms. The number of H-pyrrole nitrogens is 2. The lowest BCUT2D eigenvalue weighted by Gasteiger charge is -2.32. The van der Waals surface area contributed by atoms with Gasteiger partial charge in [0.2, 0.25) is 0 Å². The van der Waals surface area contributed by atoms with Gasteiger partial charge in [-0.15, -0.1) is 0 Å². The molecule has 8 aromatic rings. The molecule has 0 amide bonds. The molecule has 4 aromatic carbocycles. The molecule has 2 N–H and O–H groups in total. The van der Waals surface area contributed by atoms with E-state index in [0.717, 1.165) is 111 Å². The predicted octanol–water partition coefficient (Wildman–Crippen LogP) is 7.95. The van der Waals surface area contributed by atoms with Gasteiger partial charge in [0.1, 0.15) is 46.9 Å². The van der Waals surface area contributed by atoms with Crippen LogP contribution in [0.2, 0.25) is 0 Å². The number of hydrogen-bond donors (Lipinski definition) is 2. The maximum Gasteiger partial charge on any atom is 0.165 e. The summed E-state index contributed by atoms with van der Waals surface area (Å²) in [7, 11) is 5.49. The van der Waals surface area contributed by atoms with Gasteiger partial charge < -0.3 is 33.8 Å². The lowest BCUT2D eigenvalue weighted by atomic mass is 10.0. The summed E-state index contributed by atoms with van der Waals surface area (Å²) in [5.41, 5.74) is 9.82. The molecule has 14 nitrogen and oxygen atoms in total. The standard InChI is InChI=1S/C49H50N10O4/c1-29-17-42(60-4)40(38-12-14-52-44(29)38)27-58-22-33-10-8-31(20-50)48(46(33)54-58)62-36-7-6-15-57(26-36)24-35-19-39-41(43(61-5)18-30(2)45(39)53-35)28-59-23-34-11-9-32(21-51)49(47(34)55-59)63-37-13-16-56(3)25-37/h8-12,14,17-19,22-23,36-37,52-53H,6-7,13,15-16,24-28H2,1-5H3. The minimum atomic E-state index is -0.126. The molecule has 0 radical (unpaired) electrons. The lowest BCUT2D eigenvalue weighted by Crippen LogP contribution is -2.40. The Morgan fingerprint density at radius 2 is 1.32 bits per heavy atom. The largest absolute Gasteiger partial charge is 0.496 e. The van der Waals surface area contributed by atoms with E-state index in [0.29, 0.717) is 59.8 Å². The van der Waals surface area contributed by atoms with Crippen LogP contribution in [0.4, 0.5) is 0 Å². The number of methoxy groups -OCH3 is 2. The summed E-state index contributed by atoms with van der Waals surface area (Å²) in [6, 6.07) is 20.7. The first-order valence-corrected chi connectivity index (χ1v) is 21.6. The number of likely N-dealkylation sites (N-methyl/N-ethyl adjacent to an activating group) is 1. The minimum Gasteiger partial charge on any atom is -0.496 e. The number of hydrogen-bond acceptors (Lipinski definition) is 10. The van der Waals surface area contributed by atoms with Gasteiger partial charge in [0.05, 0.1) is 38.4 Å². The van der Waals surface area contributed by atoms with Crippen molar-refractivity contribution in [2.24, 2.45) is 0 Å². The third kappa shape index (κ3) is 7.45. The Bertz CT molecular complexity index is 3120. The number of benzene rings is 4. The predicted molar refractivity (Wildman–Crippen MR) is 242 cm³/mol. The first-order valence-electron chi connectivity index (χ1n) is 21.6. The van der Waals surface area contributed by atoms with E-state index in [-0.39, 0.29) is 12.2 Å². The number of aromatic amines is 2. The number of nitriles is 2. The zero-order chi connectivity index (χ0) is 43.4. The normalized spacial score (nSPS) is 17.2. The summed E-state index contributed by atoms with van der Waals surface area (Å²) in [6.45, 7) is 9.24. The van der Waals surface area contributed by atoms with Crippen molar-refractivity contribution in [3.63, 3.8) is 0 Å². The zero-order valence-electron chi connectivity index (χ0n) is 36.3. The van der Waals surface area contributed by atoms with E-state index in [1.54, 1.807) is 14.2 Å². The van der Waals surface area contributed by atoms with E-state index < -0.39 is 0 Å². The smallest absolute Gasteiger partial charge is 0.165 e. The average Bonchev–Trinajstić information content (AvgIpc) is 4.14. The van der Waals surface area contributed by atoms with Gasteiger partial charge in [-0.2, -0.15) is 20.7 Å². The molecule has 0 bridgehead atoms. The Morgan fingerprint density at radius 3 is 1.90 bits per heavy atom. The number of nitrogens with one attached hydrogen (secondary N) is 2. The Kier molecular flexibility index (Phi) is 10.4. The summed E-state index contributed by atoms with van der Waals surface area (Å²) in [5, 5.41) is 34.2. The van der Waals surface area contributed by atoms with Crippen molar-refractivity contribution in [2.75, 3.05) is 47.4 Å². The van der Waals surface area contributed by atoms with Crippen molar-refractivity contribution in [3.05, 3.63) is 106 Å². The van der Waals surface area contributed by atoms with Gasteiger partial charge in [0.15, 0.2) is 11.5 Å². The first-order chi connectivity index (χ1) is 30.7. The number of rotatable bonds is 12. The van der Waals surface area contributed by atoms with Crippen LogP contribution < -0.4 is 18.9 Å². The second-order valence-electron chi connectivity index (χ2n) is 17.1. The van der Waals surface area contributed by atoms with Crippen molar-refractivity contribution in [1.82, 2.24) is 39.3 Å². The van der Waals surface area contributed by atoms with Gasteiger partial charge in [0, 0.05) is 94.2 Å². The molecule has 14 heteroatoms. The molecule has 63 heavy (non-hydrogen) atoms. The van der Waals surface area contributed by atoms with Crippen molar-refractivity contribution in [3.8, 4) is 35.1 Å². The molecule has 2 saturated heterocycles. The minimum absolute atomic E-state index is 0.0147. The highest BCUT2D eigenvalue weighted by atomic mass is 16.5. The summed E-state index contributed by atoms with van der Waals surface area (Å²) in [6.07, 6.45) is 8.60. The molecule has 2 aliphatic rings. The van der Waals surface area contributed by atoms with Crippen LogP contribution in [0.15, 0.2) is 67.1 Å². The number of aryl methyl sites for hydroxylation is 2. The Labute approximate surface area is 365 Å². The highest BCUT2D eigenvalue weighted by Gasteiger charge is 2.27. The van der Waals surface area contributed by atoms with Crippen LogP contribution in [0.5, 0.6) is 23.0 Å². The molecule has 2 unspecified atom stereocenters. The molecule has 0 aliphatic carbocycles. The number of piperidine rings is 1. The fourth-order valence-electron chi connectivity index (χ4n) is 9.70. The molecule has 0 saturated carbocycles. The van der Waals surface area contributed by atoms with Crippen molar-refractivity contribution in [1.29, 1.82) is 10.5 Å². The van der Waals surface area contributed by atoms with Crippen LogP contribution in [0, 0.1) is 36.5 Å². The van der Waals surface area contributed by atoms with Crippen molar-refractivity contribution in [2.45, 2.75) is 65.0 Å². The number of nitrogens with zero attached hydrogens (tertiary/aromatic N) is 8. The Balaban J connectivity index is 0.892. The van der Waals surface area contributed by atoms with Crippen molar-refractivity contribution < 1.29 is 18.9 Å². The average molecular weight is 843 g/mol. The van der Waals surface area contributed by atoms with E-state index >= 15 is 0 Å².